The minimum absolute atomic E-state index is 0.567. The summed E-state index contributed by atoms with van der Waals surface area (Å²) in [7, 11) is 0. The van der Waals surface area contributed by atoms with E-state index >= 15 is 0 Å². The Bertz CT molecular complexity index is 186. The molecule has 1 aliphatic carbocycles. The third-order valence-corrected chi connectivity index (χ3v) is 2.95. The average Bonchev–Trinajstić information content (AvgIpc) is 2.09. The summed E-state index contributed by atoms with van der Waals surface area (Å²) in [5, 5.41) is 19.7. The van der Waals surface area contributed by atoms with Crippen LogP contribution in [-0.4, -0.2) is 21.9 Å². The van der Waals surface area contributed by atoms with Gasteiger partial charge in [-0.2, -0.15) is 0 Å². The largest absolute Gasteiger partial charge is 0.390 e. The number of aliphatic hydroxyl groups excluding tert-OH is 1. The highest BCUT2D eigenvalue weighted by Crippen LogP contribution is 2.34. The number of aliphatic hydroxyl groups is 2. The normalized spacial score (nSPS) is 38.3. The van der Waals surface area contributed by atoms with Gasteiger partial charge in [0.1, 0.15) is 5.60 Å². The fourth-order valence-corrected chi connectivity index (χ4v) is 1.85. The number of hydrogen-bond donors (Lipinski definition) is 2. The van der Waals surface area contributed by atoms with Crippen molar-refractivity contribution in [2.24, 2.45) is 0 Å². The molecule has 2 nitrogen and oxygen atoms in total. The molecule has 70 valence electrons. The van der Waals surface area contributed by atoms with E-state index in [1.165, 1.54) is 0 Å². The van der Waals surface area contributed by atoms with Gasteiger partial charge in [0.05, 0.1) is 6.10 Å². The van der Waals surface area contributed by atoms with E-state index in [9.17, 15) is 10.2 Å². The van der Waals surface area contributed by atoms with Crippen molar-refractivity contribution < 1.29 is 10.2 Å². The lowest BCUT2D eigenvalue weighted by Gasteiger charge is -2.37. The summed E-state index contributed by atoms with van der Waals surface area (Å²) >= 11 is 0. The van der Waals surface area contributed by atoms with Gasteiger partial charge in [-0.25, -0.2) is 0 Å². The van der Waals surface area contributed by atoms with E-state index in [4.69, 9.17) is 0 Å². The van der Waals surface area contributed by atoms with Gasteiger partial charge in [0.25, 0.3) is 0 Å². The molecule has 2 N–H and O–H groups in total. The molecule has 1 fully saturated rings. The van der Waals surface area contributed by atoms with Gasteiger partial charge in [-0.15, -0.1) is 0 Å². The van der Waals surface area contributed by atoms with Crippen molar-refractivity contribution in [2.75, 3.05) is 0 Å². The van der Waals surface area contributed by atoms with Gasteiger partial charge in [0.2, 0.25) is 0 Å². The van der Waals surface area contributed by atoms with Crippen LogP contribution in [0.15, 0.2) is 11.6 Å². The summed E-state index contributed by atoms with van der Waals surface area (Å²) in [4.78, 5) is 0. The van der Waals surface area contributed by atoms with Crippen molar-refractivity contribution in [3.05, 3.63) is 11.6 Å². The molecule has 1 rings (SSSR count). The molecule has 2 atom stereocenters. The first-order valence-corrected chi connectivity index (χ1v) is 4.65. The van der Waals surface area contributed by atoms with Gasteiger partial charge in [-0.3, -0.25) is 0 Å². The standard InChI is InChI=1S/C10H18O2/c1-3-8(2)10(12)7-5-4-6-9(10)11/h3,9,11-12H,4-7H2,1-2H3/b8-3+/t9-,10-/m0/s1. The Morgan fingerprint density at radius 2 is 2.17 bits per heavy atom. The van der Waals surface area contributed by atoms with Crippen LogP contribution < -0.4 is 0 Å². The van der Waals surface area contributed by atoms with Crippen molar-refractivity contribution in [2.45, 2.75) is 51.2 Å². The molecule has 1 saturated carbocycles. The predicted octanol–water partition coefficient (Wildman–Crippen LogP) is 1.62. The van der Waals surface area contributed by atoms with Gasteiger partial charge >= 0.3 is 0 Å². The minimum Gasteiger partial charge on any atom is -0.390 e. The Kier molecular flexibility index (Phi) is 2.91. The van der Waals surface area contributed by atoms with Gasteiger partial charge in [-0.1, -0.05) is 18.9 Å². The Morgan fingerprint density at radius 3 is 2.67 bits per heavy atom. The van der Waals surface area contributed by atoms with Crippen LogP contribution in [0, 0.1) is 0 Å². The van der Waals surface area contributed by atoms with Crippen LogP contribution in [-0.2, 0) is 0 Å². The molecule has 0 aromatic heterocycles. The zero-order chi connectivity index (χ0) is 9.19. The summed E-state index contributed by atoms with van der Waals surface area (Å²) in [5.74, 6) is 0. The van der Waals surface area contributed by atoms with E-state index in [0.717, 1.165) is 24.8 Å². The number of rotatable bonds is 1. The molecule has 0 spiro atoms. The minimum atomic E-state index is -0.937. The van der Waals surface area contributed by atoms with Crippen LogP contribution in [0.2, 0.25) is 0 Å². The van der Waals surface area contributed by atoms with E-state index in [2.05, 4.69) is 0 Å². The first-order valence-electron chi connectivity index (χ1n) is 4.65. The summed E-state index contributed by atoms with van der Waals surface area (Å²) in [6.07, 6.45) is 4.78. The number of allylic oxidation sites excluding steroid dienone is 1. The van der Waals surface area contributed by atoms with Gasteiger partial charge in [-0.05, 0) is 32.3 Å². The van der Waals surface area contributed by atoms with Crippen LogP contribution in [0.1, 0.15) is 39.5 Å². The molecule has 0 aromatic rings. The summed E-state index contributed by atoms with van der Waals surface area (Å²) < 4.78 is 0. The van der Waals surface area contributed by atoms with Gasteiger partial charge < -0.3 is 10.2 Å². The maximum absolute atomic E-state index is 10.1. The van der Waals surface area contributed by atoms with Crippen molar-refractivity contribution in [1.82, 2.24) is 0 Å². The molecule has 2 heteroatoms. The quantitative estimate of drug-likeness (QED) is 0.587. The Balaban J connectivity index is 2.79. The molecule has 0 aromatic carbocycles. The van der Waals surface area contributed by atoms with Crippen molar-refractivity contribution in [3.63, 3.8) is 0 Å². The second kappa shape index (κ2) is 3.58. The fraction of sp³-hybridized carbons (Fsp3) is 0.800. The third kappa shape index (κ3) is 1.54. The van der Waals surface area contributed by atoms with Crippen LogP contribution >= 0.6 is 0 Å². The predicted molar refractivity (Wildman–Crippen MR) is 48.9 cm³/mol. The highest BCUT2D eigenvalue weighted by Gasteiger charge is 2.38. The van der Waals surface area contributed by atoms with Crippen LogP contribution in [0.5, 0.6) is 0 Å². The van der Waals surface area contributed by atoms with Crippen LogP contribution in [0.3, 0.4) is 0 Å². The van der Waals surface area contributed by atoms with Crippen molar-refractivity contribution in [3.8, 4) is 0 Å². The van der Waals surface area contributed by atoms with E-state index in [1.54, 1.807) is 0 Å². The fourth-order valence-electron chi connectivity index (χ4n) is 1.85. The molecular formula is C10H18O2. The maximum atomic E-state index is 10.1. The molecule has 0 saturated heterocycles. The Morgan fingerprint density at radius 1 is 1.50 bits per heavy atom. The second-order valence-electron chi connectivity index (χ2n) is 3.66. The summed E-state index contributed by atoms with van der Waals surface area (Å²) in [6, 6.07) is 0. The first kappa shape index (κ1) is 9.75. The molecule has 0 radical (unpaired) electrons. The molecule has 0 amide bonds. The van der Waals surface area contributed by atoms with Crippen LogP contribution in [0.4, 0.5) is 0 Å². The SMILES string of the molecule is C/C=C(\C)[C@@]1(O)CCCC[C@@H]1O. The van der Waals surface area contributed by atoms with Crippen LogP contribution in [0.25, 0.3) is 0 Å². The highest BCUT2D eigenvalue weighted by molar-refractivity contribution is 5.17. The molecule has 0 unspecified atom stereocenters. The van der Waals surface area contributed by atoms with Crippen molar-refractivity contribution >= 4 is 0 Å². The molecule has 1 aliphatic rings. The molecule has 0 bridgehead atoms. The molecule has 0 aliphatic heterocycles. The Labute approximate surface area is 73.9 Å². The average molecular weight is 170 g/mol. The first-order chi connectivity index (χ1) is 5.61. The highest BCUT2D eigenvalue weighted by atomic mass is 16.3. The lowest BCUT2D eigenvalue weighted by atomic mass is 9.77. The third-order valence-electron chi connectivity index (χ3n) is 2.95. The van der Waals surface area contributed by atoms with E-state index in [0.29, 0.717) is 6.42 Å². The van der Waals surface area contributed by atoms with Crippen molar-refractivity contribution in [1.29, 1.82) is 0 Å². The topological polar surface area (TPSA) is 40.5 Å². The smallest absolute Gasteiger partial charge is 0.111 e. The zero-order valence-corrected chi connectivity index (χ0v) is 7.88. The molecule has 0 heterocycles. The second-order valence-corrected chi connectivity index (χ2v) is 3.66. The number of hydrogen-bond acceptors (Lipinski definition) is 2. The molecular weight excluding hydrogens is 152 g/mol. The monoisotopic (exact) mass is 170 g/mol. The zero-order valence-electron chi connectivity index (χ0n) is 7.88. The summed E-state index contributed by atoms with van der Waals surface area (Å²) in [6.45, 7) is 3.78. The lowest BCUT2D eigenvalue weighted by Crippen LogP contribution is -2.45. The maximum Gasteiger partial charge on any atom is 0.111 e. The molecule has 12 heavy (non-hydrogen) atoms. The van der Waals surface area contributed by atoms with E-state index in [-0.39, 0.29) is 0 Å². The lowest BCUT2D eigenvalue weighted by molar-refractivity contribution is -0.0734. The van der Waals surface area contributed by atoms with E-state index < -0.39 is 11.7 Å². The van der Waals surface area contributed by atoms with E-state index in [1.807, 2.05) is 19.9 Å². The Hall–Kier alpha value is -0.340. The van der Waals surface area contributed by atoms with Gasteiger partial charge in [0.15, 0.2) is 0 Å². The van der Waals surface area contributed by atoms with Gasteiger partial charge in [0, 0.05) is 0 Å². The summed E-state index contributed by atoms with van der Waals surface area (Å²) in [5.41, 5.74) is -0.0396.